The van der Waals surface area contributed by atoms with Gasteiger partial charge in [-0.2, -0.15) is 0 Å². The molecule has 0 aliphatic heterocycles. The number of para-hydroxylation sites is 3. The van der Waals surface area contributed by atoms with Crippen LogP contribution >= 0.6 is 0 Å². The molecule has 10 rings (SSSR count). The molecule has 0 fully saturated rings. The third kappa shape index (κ3) is 4.52. The largest absolute Gasteiger partial charge is 0.456 e. The van der Waals surface area contributed by atoms with Crippen molar-refractivity contribution in [2.24, 2.45) is 0 Å². The Balaban J connectivity index is 1.22. The highest BCUT2D eigenvalue weighted by Gasteiger charge is 2.20. The molecular weight excluding hydrogens is 613 g/mol. The number of furan rings is 1. The summed E-state index contributed by atoms with van der Waals surface area (Å²) in [5.74, 6) is 1.87. The fourth-order valence-corrected chi connectivity index (χ4v) is 7.21. The summed E-state index contributed by atoms with van der Waals surface area (Å²) in [6.07, 6.45) is 0. The quantitative estimate of drug-likeness (QED) is 0.188. The lowest BCUT2D eigenvalue weighted by Gasteiger charge is -2.12. The zero-order valence-corrected chi connectivity index (χ0v) is 26.9. The molecule has 0 saturated heterocycles. The van der Waals surface area contributed by atoms with E-state index in [-0.39, 0.29) is 0 Å². The molecule has 0 amide bonds. The first kappa shape index (κ1) is 28.2. The highest BCUT2D eigenvalue weighted by molar-refractivity contribution is 6.19. The molecule has 0 radical (unpaired) electrons. The van der Waals surface area contributed by atoms with Gasteiger partial charge in [-0.3, -0.25) is 0 Å². The van der Waals surface area contributed by atoms with Crippen LogP contribution in [0.4, 0.5) is 0 Å². The van der Waals surface area contributed by atoms with E-state index in [2.05, 4.69) is 102 Å². The van der Waals surface area contributed by atoms with Crippen LogP contribution in [0.15, 0.2) is 174 Å². The third-order valence-electron chi connectivity index (χ3n) is 9.45. The lowest BCUT2D eigenvalue weighted by Crippen LogP contribution is -2.00. The third-order valence-corrected chi connectivity index (χ3v) is 9.45. The van der Waals surface area contributed by atoms with Crippen LogP contribution in [0.5, 0.6) is 0 Å². The summed E-state index contributed by atoms with van der Waals surface area (Å²) in [5.41, 5.74) is 10.1. The van der Waals surface area contributed by atoms with Gasteiger partial charge in [0.15, 0.2) is 17.5 Å². The van der Waals surface area contributed by atoms with Crippen molar-refractivity contribution in [3.05, 3.63) is 170 Å². The Bertz CT molecular complexity index is 2800. The molecule has 0 unspecified atom stereocenters. The van der Waals surface area contributed by atoms with Crippen molar-refractivity contribution in [3.8, 4) is 51.0 Å². The minimum Gasteiger partial charge on any atom is -0.456 e. The van der Waals surface area contributed by atoms with Crippen molar-refractivity contribution in [1.29, 1.82) is 0 Å². The molecule has 0 saturated carbocycles. The summed E-state index contributed by atoms with van der Waals surface area (Å²) in [4.78, 5) is 14.9. The molecule has 10 aromatic rings. The first-order chi connectivity index (χ1) is 24.8. The SMILES string of the molecule is c1ccc(-c2nc(-c3ccccc3)nc(-c3ccc4oc5cccc(-c6cccc7c8ccccc8n(-c8ccccc8)c67)c5c4c3)n2)cc1. The number of aromatic nitrogens is 4. The van der Waals surface area contributed by atoms with Crippen LogP contribution in [0.3, 0.4) is 0 Å². The van der Waals surface area contributed by atoms with E-state index in [1.54, 1.807) is 0 Å². The maximum Gasteiger partial charge on any atom is 0.164 e. The fourth-order valence-electron chi connectivity index (χ4n) is 7.21. The predicted molar refractivity (Wildman–Crippen MR) is 203 cm³/mol. The number of fused-ring (bicyclic) bond motifs is 6. The van der Waals surface area contributed by atoms with Crippen molar-refractivity contribution in [2.45, 2.75) is 0 Å². The van der Waals surface area contributed by atoms with Gasteiger partial charge in [0.25, 0.3) is 0 Å². The minimum absolute atomic E-state index is 0.609. The van der Waals surface area contributed by atoms with Crippen molar-refractivity contribution >= 4 is 43.7 Å². The van der Waals surface area contributed by atoms with Crippen molar-refractivity contribution < 1.29 is 4.42 Å². The second-order valence-corrected chi connectivity index (χ2v) is 12.4. The van der Waals surface area contributed by atoms with Gasteiger partial charge in [-0.15, -0.1) is 0 Å². The smallest absolute Gasteiger partial charge is 0.164 e. The molecule has 234 valence electrons. The van der Waals surface area contributed by atoms with Gasteiger partial charge in [0.2, 0.25) is 0 Å². The first-order valence-corrected chi connectivity index (χ1v) is 16.7. The summed E-state index contributed by atoms with van der Waals surface area (Å²) < 4.78 is 8.90. The summed E-state index contributed by atoms with van der Waals surface area (Å²) in [6.45, 7) is 0. The number of rotatable bonds is 5. The standard InChI is InChI=1S/C45H28N4O/c1-4-14-29(15-5-1)43-46-44(30-16-6-2-7-17-30)48-45(47-43)31-26-27-39-37(28-31)41-34(21-13-25-40(41)50-39)36-23-12-22-35-33-20-10-11-24-38(33)49(42(35)36)32-18-8-3-9-19-32/h1-28H. The van der Waals surface area contributed by atoms with Crippen LogP contribution < -0.4 is 0 Å². The van der Waals surface area contributed by atoms with Gasteiger partial charge in [0.1, 0.15) is 11.2 Å². The van der Waals surface area contributed by atoms with E-state index in [0.29, 0.717) is 17.5 Å². The molecule has 3 heterocycles. The van der Waals surface area contributed by atoms with Gasteiger partial charge >= 0.3 is 0 Å². The summed E-state index contributed by atoms with van der Waals surface area (Å²) in [6, 6.07) is 58.5. The number of hydrogen-bond acceptors (Lipinski definition) is 4. The van der Waals surface area contributed by atoms with Crippen molar-refractivity contribution in [1.82, 2.24) is 19.5 Å². The van der Waals surface area contributed by atoms with Crippen molar-refractivity contribution in [2.75, 3.05) is 0 Å². The van der Waals surface area contributed by atoms with Crippen LogP contribution in [-0.4, -0.2) is 19.5 Å². The molecule has 7 aromatic carbocycles. The van der Waals surface area contributed by atoms with E-state index in [0.717, 1.165) is 61.0 Å². The zero-order chi connectivity index (χ0) is 33.0. The molecule has 0 bridgehead atoms. The molecule has 0 aliphatic carbocycles. The van der Waals surface area contributed by atoms with Crippen molar-refractivity contribution in [3.63, 3.8) is 0 Å². The molecule has 3 aromatic heterocycles. The Labute approximate surface area is 287 Å². The predicted octanol–water partition coefficient (Wildman–Crippen LogP) is 11.5. The molecule has 0 N–H and O–H groups in total. The fraction of sp³-hybridized carbons (Fsp3) is 0. The number of benzene rings is 7. The number of nitrogens with zero attached hydrogens (tertiary/aromatic N) is 4. The van der Waals surface area contributed by atoms with Gasteiger partial charge in [-0.1, -0.05) is 127 Å². The molecule has 5 heteroatoms. The maximum atomic E-state index is 6.52. The highest BCUT2D eigenvalue weighted by atomic mass is 16.3. The van der Waals surface area contributed by atoms with E-state index in [1.165, 1.54) is 16.3 Å². The van der Waals surface area contributed by atoms with Crippen LogP contribution in [0.1, 0.15) is 0 Å². The lowest BCUT2D eigenvalue weighted by atomic mass is 9.96. The summed E-state index contributed by atoms with van der Waals surface area (Å²) >= 11 is 0. The van der Waals surface area contributed by atoms with Gasteiger partial charge in [0.05, 0.1) is 11.0 Å². The topological polar surface area (TPSA) is 56.7 Å². The van der Waals surface area contributed by atoms with Gasteiger partial charge < -0.3 is 8.98 Å². The molecule has 0 aliphatic rings. The van der Waals surface area contributed by atoms with Crippen LogP contribution in [0.2, 0.25) is 0 Å². The van der Waals surface area contributed by atoms with E-state index < -0.39 is 0 Å². The average molecular weight is 641 g/mol. The Hall–Kier alpha value is -6.85. The minimum atomic E-state index is 0.609. The first-order valence-electron chi connectivity index (χ1n) is 16.7. The Morgan fingerprint density at radius 1 is 0.400 bits per heavy atom. The van der Waals surface area contributed by atoms with Crippen LogP contribution in [0, 0.1) is 0 Å². The molecule has 50 heavy (non-hydrogen) atoms. The van der Waals surface area contributed by atoms with Crippen LogP contribution in [0.25, 0.3) is 94.7 Å². The normalized spacial score (nSPS) is 11.6. The summed E-state index contributed by atoms with van der Waals surface area (Å²) in [5, 5.41) is 4.50. The second kappa shape index (κ2) is 11.4. The molecular formula is C45H28N4O. The maximum absolute atomic E-state index is 6.52. The van der Waals surface area contributed by atoms with Gasteiger partial charge in [-0.25, -0.2) is 15.0 Å². The lowest BCUT2D eigenvalue weighted by molar-refractivity contribution is 0.669. The molecule has 0 atom stereocenters. The zero-order valence-electron chi connectivity index (χ0n) is 26.9. The Morgan fingerprint density at radius 3 is 1.70 bits per heavy atom. The molecule has 5 nitrogen and oxygen atoms in total. The van der Waals surface area contributed by atoms with E-state index in [9.17, 15) is 0 Å². The summed E-state index contributed by atoms with van der Waals surface area (Å²) in [7, 11) is 0. The Kier molecular flexibility index (Phi) is 6.42. The van der Waals surface area contributed by atoms with Gasteiger partial charge in [-0.05, 0) is 48.0 Å². The van der Waals surface area contributed by atoms with Crippen LogP contribution in [-0.2, 0) is 0 Å². The highest BCUT2D eigenvalue weighted by Crippen LogP contribution is 2.43. The monoisotopic (exact) mass is 640 g/mol. The van der Waals surface area contributed by atoms with E-state index in [1.807, 2.05) is 72.8 Å². The number of hydrogen-bond donors (Lipinski definition) is 0. The average Bonchev–Trinajstić information content (AvgIpc) is 3.74. The van der Waals surface area contributed by atoms with E-state index in [4.69, 9.17) is 19.4 Å². The Morgan fingerprint density at radius 2 is 0.980 bits per heavy atom. The van der Waals surface area contributed by atoms with Gasteiger partial charge in [0, 0.05) is 49.5 Å². The molecule has 0 spiro atoms. The second-order valence-electron chi connectivity index (χ2n) is 12.4. The van der Waals surface area contributed by atoms with E-state index >= 15 is 0 Å².